The van der Waals surface area contributed by atoms with Crippen LogP contribution < -0.4 is 4.73 Å². The Hall–Kier alpha value is -3.07. The van der Waals surface area contributed by atoms with E-state index in [0.717, 1.165) is 28.7 Å². The number of pyridine rings is 1. The standard InChI is InChI=1S/C25H24FNO6/c26-15-9-7-13(8-10-15)21-17-3-1-2-4-18(17)27(32)23(14-5-6-14)22(21)25-24(33-25)19(29)11-16(28)12-20(30)31/h1-4,7-10,14,16,19,24-25,28-29H,5-6,11-12H2,(H,30,31)/t16-,19+,24?,25?/m1/s1. The zero-order valence-electron chi connectivity index (χ0n) is 17.7. The van der Waals surface area contributed by atoms with Gasteiger partial charge >= 0.3 is 5.97 Å². The third-order valence-corrected chi connectivity index (χ3v) is 6.37. The molecule has 0 radical (unpaired) electrons. The van der Waals surface area contributed by atoms with Gasteiger partial charge in [0.05, 0.1) is 29.6 Å². The van der Waals surface area contributed by atoms with E-state index in [1.165, 1.54) is 12.1 Å². The molecule has 0 spiro atoms. The number of fused-ring (bicyclic) bond motifs is 1. The number of carboxylic acid groups (broad SMARTS) is 1. The lowest BCUT2D eigenvalue weighted by Crippen LogP contribution is -2.35. The number of aliphatic hydroxyl groups is 2. The quantitative estimate of drug-likeness (QED) is 0.274. The summed E-state index contributed by atoms with van der Waals surface area (Å²) < 4.78 is 20.5. The Balaban J connectivity index is 1.61. The van der Waals surface area contributed by atoms with Crippen molar-refractivity contribution in [3.05, 3.63) is 70.8 Å². The van der Waals surface area contributed by atoms with Gasteiger partial charge in [-0.05, 0) is 36.6 Å². The Morgan fingerprint density at radius 1 is 1.15 bits per heavy atom. The number of carboxylic acids is 1. The number of carbonyl (C=O) groups is 1. The zero-order valence-corrected chi connectivity index (χ0v) is 17.7. The Kier molecular flexibility index (Phi) is 5.52. The molecule has 4 atom stereocenters. The lowest BCUT2D eigenvalue weighted by Gasteiger charge is -2.18. The van der Waals surface area contributed by atoms with Gasteiger partial charge in [-0.1, -0.05) is 24.3 Å². The number of rotatable bonds is 8. The van der Waals surface area contributed by atoms with Gasteiger partial charge in [0.15, 0.2) is 0 Å². The molecular formula is C25H24FNO6. The highest BCUT2D eigenvalue weighted by Crippen LogP contribution is 2.52. The highest BCUT2D eigenvalue weighted by atomic mass is 19.1. The van der Waals surface area contributed by atoms with E-state index in [-0.39, 0.29) is 18.2 Å². The Bertz CT molecular complexity index is 1210. The van der Waals surface area contributed by atoms with Crippen molar-refractivity contribution >= 4 is 16.9 Å². The summed E-state index contributed by atoms with van der Waals surface area (Å²) in [6, 6.07) is 13.3. The summed E-state index contributed by atoms with van der Waals surface area (Å²) in [5, 5.41) is 43.5. The van der Waals surface area contributed by atoms with Gasteiger partial charge in [-0.15, -0.1) is 0 Å². The van der Waals surface area contributed by atoms with Crippen molar-refractivity contribution in [3.63, 3.8) is 0 Å². The predicted molar refractivity (Wildman–Crippen MR) is 117 cm³/mol. The zero-order chi connectivity index (χ0) is 23.3. The molecule has 7 nitrogen and oxygen atoms in total. The van der Waals surface area contributed by atoms with E-state index in [4.69, 9.17) is 9.84 Å². The Morgan fingerprint density at radius 2 is 1.85 bits per heavy atom. The highest BCUT2D eigenvalue weighted by molar-refractivity contribution is 5.95. The molecule has 8 heteroatoms. The first-order valence-corrected chi connectivity index (χ1v) is 11.0. The summed E-state index contributed by atoms with van der Waals surface area (Å²) in [4.78, 5) is 10.8. The second-order valence-electron chi connectivity index (χ2n) is 8.84. The summed E-state index contributed by atoms with van der Waals surface area (Å²) in [6.45, 7) is 0. The van der Waals surface area contributed by atoms with Crippen LogP contribution in [0.5, 0.6) is 0 Å². The van der Waals surface area contributed by atoms with Crippen molar-refractivity contribution < 1.29 is 34.0 Å². The van der Waals surface area contributed by atoms with Gasteiger partial charge in [-0.3, -0.25) is 4.79 Å². The van der Waals surface area contributed by atoms with Crippen molar-refractivity contribution in [1.29, 1.82) is 0 Å². The lowest BCUT2D eigenvalue weighted by molar-refractivity contribution is -0.586. The summed E-state index contributed by atoms with van der Waals surface area (Å²) in [7, 11) is 0. The Morgan fingerprint density at radius 3 is 2.52 bits per heavy atom. The van der Waals surface area contributed by atoms with Gasteiger partial charge in [0.1, 0.15) is 18.0 Å². The molecule has 172 valence electrons. The van der Waals surface area contributed by atoms with Crippen LogP contribution in [0.25, 0.3) is 22.0 Å². The number of aliphatic hydroxyl groups excluding tert-OH is 2. The summed E-state index contributed by atoms with van der Waals surface area (Å²) in [5.41, 5.74) is 3.29. The van der Waals surface area contributed by atoms with E-state index >= 15 is 0 Å². The topological polar surface area (TPSA) is 117 Å². The molecular weight excluding hydrogens is 429 g/mol. The number of hydrogen-bond donors (Lipinski definition) is 3. The molecule has 0 amide bonds. The molecule has 5 rings (SSSR count). The van der Waals surface area contributed by atoms with E-state index in [1.807, 2.05) is 12.1 Å². The van der Waals surface area contributed by atoms with Gasteiger partial charge in [0.2, 0.25) is 11.2 Å². The molecule has 1 saturated heterocycles. The molecule has 2 aromatic carbocycles. The maximum absolute atomic E-state index is 13.7. The van der Waals surface area contributed by atoms with Crippen molar-refractivity contribution in [1.82, 2.24) is 0 Å². The van der Waals surface area contributed by atoms with Crippen LogP contribution in [0.4, 0.5) is 4.39 Å². The number of ether oxygens (including phenoxy) is 1. The molecule has 3 N–H and O–H groups in total. The highest BCUT2D eigenvalue weighted by Gasteiger charge is 2.52. The lowest BCUT2D eigenvalue weighted by atomic mass is 9.89. The fourth-order valence-corrected chi connectivity index (χ4v) is 4.68. The minimum absolute atomic E-state index is 0.0703. The normalized spacial score (nSPS) is 21.7. The number of nitrogens with zero attached hydrogens (tertiary/aromatic N) is 1. The van der Waals surface area contributed by atoms with Gasteiger partial charge in [0, 0.05) is 24.0 Å². The van der Waals surface area contributed by atoms with Crippen LogP contribution in [0.15, 0.2) is 48.5 Å². The van der Waals surface area contributed by atoms with E-state index in [0.29, 0.717) is 22.2 Å². The number of epoxide rings is 1. The number of hydrogen-bond acceptors (Lipinski definition) is 5. The molecule has 0 bridgehead atoms. The molecule has 1 aromatic heterocycles. The fraction of sp³-hybridized carbons (Fsp3) is 0.360. The Labute approximate surface area is 189 Å². The van der Waals surface area contributed by atoms with Crippen molar-refractivity contribution in [2.45, 2.75) is 56.0 Å². The van der Waals surface area contributed by atoms with Crippen LogP contribution in [-0.2, 0) is 9.53 Å². The molecule has 2 heterocycles. The predicted octanol–water partition coefficient (Wildman–Crippen LogP) is 3.18. The number of para-hydroxylation sites is 1. The number of halogens is 1. The van der Waals surface area contributed by atoms with Crippen LogP contribution in [0.2, 0.25) is 0 Å². The first-order valence-electron chi connectivity index (χ1n) is 11.0. The minimum atomic E-state index is -1.21. The van der Waals surface area contributed by atoms with E-state index in [1.54, 1.807) is 24.3 Å². The third-order valence-electron chi connectivity index (χ3n) is 6.37. The minimum Gasteiger partial charge on any atom is -0.618 e. The summed E-state index contributed by atoms with van der Waals surface area (Å²) in [5.74, 6) is -1.45. The third kappa shape index (κ3) is 4.17. The molecule has 1 aliphatic carbocycles. The number of benzene rings is 2. The molecule has 2 fully saturated rings. The average Bonchev–Trinajstić information content (AvgIpc) is 3.67. The van der Waals surface area contributed by atoms with Crippen molar-refractivity contribution in [2.75, 3.05) is 0 Å². The van der Waals surface area contributed by atoms with Crippen LogP contribution in [0, 0.1) is 11.0 Å². The second-order valence-corrected chi connectivity index (χ2v) is 8.84. The maximum atomic E-state index is 13.7. The molecule has 3 aromatic rings. The van der Waals surface area contributed by atoms with Crippen molar-refractivity contribution in [2.24, 2.45) is 0 Å². The van der Waals surface area contributed by atoms with Gasteiger partial charge in [-0.25, -0.2) is 4.39 Å². The monoisotopic (exact) mass is 453 g/mol. The van der Waals surface area contributed by atoms with Crippen LogP contribution in [-0.4, -0.2) is 39.6 Å². The first kappa shape index (κ1) is 21.8. The maximum Gasteiger partial charge on any atom is 0.305 e. The number of aromatic nitrogens is 1. The van der Waals surface area contributed by atoms with Crippen LogP contribution in [0.1, 0.15) is 49.0 Å². The molecule has 1 saturated carbocycles. The number of aliphatic carboxylic acids is 1. The summed E-state index contributed by atoms with van der Waals surface area (Å²) >= 11 is 0. The van der Waals surface area contributed by atoms with E-state index in [9.17, 15) is 24.6 Å². The van der Waals surface area contributed by atoms with E-state index < -0.39 is 36.8 Å². The van der Waals surface area contributed by atoms with Crippen LogP contribution in [0.3, 0.4) is 0 Å². The fourth-order valence-electron chi connectivity index (χ4n) is 4.68. The van der Waals surface area contributed by atoms with Gasteiger partial charge < -0.3 is 25.3 Å². The molecule has 33 heavy (non-hydrogen) atoms. The van der Waals surface area contributed by atoms with E-state index in [2.05, 4.69) is 0 Å². The van der Waals surface area contributed by atoms with Crippen molar-refractivity contribution in [3.8, 4) is 11.1 Å². The second kappa shape index (κ2) is 8.37. The van der Waals surface area contributed by atoms with Crippen LogP contribution >= 0.6 is 0 Å². The SMILES string of the molecule is O=C(O)C[C@H](O)C[C@H](O)C1OC1c1c(-c2ccc(F)cc2)c2ccccc2[n+]([O-])c1C1CC1. The summed E-state index contributed by atoms with van der Waals surface area (Å²) in [6.07, 6.45) is -2.44. The smallest absolute Gasteiger partial charge is 0.305 e. The molecule has 2 unspecified atom stereocenters. The first-order chi connectivity index (χ1) is 15.8. The molecule has 2 aliphatic rings. The van der Waals surface area contributed by atoms with Gasteiger partial charge in [-0.2, -0.15) is 4.73 Å². The largest absolute Gasteiger partial charge is 0.618 e. The average molecular weight is 453 g/mol. The molecule has 1 aliphatic heterocycles. The van der Waals surface area contributed by atoms with Gasteiger partial charge in [0.25, 0.3) is 0 Å².